The van der Waals surface area contributed by atoms with Crippen LogP contribution in [0.15, 0.2) is 0 Å². The highest BCUT2D eigenvalue weighted by molar-refractivity contribution is 6.32. The maximum absolute atomic E-state index is 10.7. The van der Waals surface area contributed by atoms with E-state index in [1.807, 2.05) is 0 Å². The minimum Gasteiger partial charge on any atom is -0.473 e. The van der Waals surface area contributed by atoms with E-state index in [4.69, 9.17) is 10.2 Å². The van der Waals surface area contributed by atoms with Crippen LogP contribution in [0.2, 0.25) is 0 Å². The summed E-state index contributed by atoms with van der Waals surface area (Å²) in [4.78, 5) is 61.8. The SMILES string of the molecule is O=C(CC(=O)OC(=O)C(=O)O)OC(=O)C(=O)O. The van der Waals surface area contributed by atoms with Gasteiger partial charge in [0.2, 0.25) is 0 Å². The zero-order valence-corrected chi connectivity index (χ0v) is 7.87. The Kier molecular flexibility index (Phi) is 4.97. The molecule has 0 bridgehead atoms. The van der Waals surface area contributed by atoms with Crippen LogP contribution in [-0.2, 0) is 38.2 Å². The summed E-state index contributed by atoms with van der Waals surface area (Å²) in [7, 11) is 0. The van der Waals surface area contributed by atoms with Crippen LogP contribution < -0.4 is 0 Å². The molecule has 2 N–H and O–H groups in total. The maximum Gasteiger partial charge on any atom is 0.424 e. The van der Waals surface area contributed by atoms with Gasteiger partial charge in [0.05, 0.1) is 0 Å². The molecule has 0 spiro atoms. The number of hydrogen-bond donors (Lipinski definition) is 2. The molecular weight excluding hydrogens is 244 g/mol. The lowest BCUT2D eigenvalue weighted by atomic mass is 10.4. The van der Waals surface area contributed by atoms with E-state index in [0.29, 0.717) is 0 Å². The Morgan fingerprint density at radius 2 is 1.00 bits per heavy atom. The molecule has 0 aliphatic heterocycles. The van der Waals surface area contributed by atoms with Crippen molar-refractivity contribution in [2.45, 2.75) is 6.42 Å². The second-order valence-electron chi connectivity index (χ2n) is 2.31. The molecule has 10 heteroatoms. The first kappa shape index (κ1) is 14.2. The molecule has 0 aromatic rings. The second kappa shape index (κ2) is 5.95. The molecule has 0 saturated carbocycles. The fourth-order valence-electron chi connectivity index (χ4n) is 0.484. The highest BCUT2D eigenvalue weighted by atomic mass is 16.6. The third kappa shape index (κ3) is 5.61. The fraction of sp³-hybridized carbons (Fsp3) is 0.143. The molecule has 92 valence electrons. The van der Waals surface area contributed by atoms with E-state index in [-0.39, 0.29) is 0 Å². The van der Waals surface area contributed by atoms with E-state index in [1.54, 1.807) is 0 Å². The monoisotopic (exact) mass is 248 g/mol. The van der Waals surface area contributed by atoms with Crippen molar-refractivity contribution in [1.82, 2.24) is 0 Å². The molecule has 0 aromatic carbocycles. The van der Waals surface area contributed by atoms with E-state index in [1.165, 1.54) is 0 Å². The van der Waals surface area contributed by atoms with Gasteiger partial charge in [-0.05, 0) is 0 Å². The average molecular weight is 248 g/mol. The van der Waals surface area contributed by atoms with Crippen LogP contribution in [0.25, 0.3) is 0 Å². The predicted octanol–water partition coefficient (Wildman–Crippen LogP) is -2.31. The molecule has 0 rings (SSSR count). The summed E-state index contributed by atoms with van der Waals surface area (Å²) in [6, 6.07) is 0. The number of esters is 4. The van der Waals surface area contributed by atoms with Gasteiger partial charge in [-0.1, -0.05) is 0 Å². The number of ether oxygens (including phenoxy) is 2. The van der Waals surface area contributed by atoms with Crippen molar-refractivity contribution in [2.75, 3.05) is 0 Å². The number of hydrogen-bond acceptors (Lipinski definition) is 8. The van der Waals surface area contributed by atoms with Crippen LogP contribution in [0.5, 0.6) is 0 Å². The standard InChI is InChI=1S/C7H4O10/c8-2(16-6(14)4(10)11)1-3(9)17-7(15)5(12)13/h1H2,(H,10,11)(H,12,13). The van der Waals surface area contributed by atoms with Crippen molar-refractivity contribution in [3.05, 3.63) is 0 Å². The summed E-state index contributed by atoms with van der Waals surface area (Å²) in [6.45, 7) is 0. The zero-order valence-electron chi connectivity index (χ0n) is 7.87. The van der Waals surface area contributed by atoms with Crippen LogP contribution in [0.1, 0.15) is 6.42 Å². The topological polar surface area (TPSA) is 161 Å². The van der Waals surface area contributed by atoms with Crippen LogP contribution in [0.3, 0.4) is 0 Å². The Morgan fingerprint density at radius 1 is 0.706 bits per heavy atom. The summed E-state index contributed by atoms with van der Waals surface area (Å²) in [5.41, 5.74) is 0. The molecule has 0 heterocycles. The lowest BCUT2D eigenvalue weighted by Gasteiger charge is -1.99. The van der Waals surface area contributed by atoms with Gasteiger partial charge in [0.1, 0.15) is 6.42 Å². The van der Waals surface area contributed by atoms with Crippen LogP contribution >= 0.6 is 0 Å². The highest BCUT2D eigenvalue weighted by Gasteiger charge is 2.24. The molecular formula is C7H4O10. The summed E-state index contributed by atoms with van der Waals surface area (Å²) >= 11 is 0. The van der Waals surface area contributed by atoms with Gasteiger partial charge < -0.3 is 19.7 Å². The number of aliphatic carboxylic acids is 2. The number of rotatable bonds is 2. The van der Waals surface area contributed by atoms with Crippen LogP contribution in [-0.4, -0.2) is 46.0 Å². The largest absolute Gasteiger partial charge is 0.473 e. The Bertz CT molecular complexity index is 367. The summed E-state index contributed by atoms with van der Waals surface area (Å²) in [6.07, 6.45) is -1.28. The van der Waals surface area contributed by atoms with Crippen LogP contribution in [0.4, 0.5) is 0 Å². The van der Waals surface area contributed by atoms with Crippen molar-refractivity contribution < 1.29 is 48.5 Å². The molecule has 0 aliphatic carbocycles. The van der Waals surface area contributed by atoms with Crippen molar-refractivity contribution in [2.24, 2.45) is 0 Å². The molecule has 0 atom stereocenters. The van der Waals surface area contributed by atoms with Crippen molar-refractivity contribution >= 4 is 35.8 Å². The minimum absolute atomic E-state index is 1.28. The van der Waals surface area contributed by atoms with Gasteiger partial charge in [-0.15, -0.1) is 0 Å². The first-order valence-electron chi connectivity index (χ1n) is 3.70. The summed E-state index contributed by atoms with van der Waals surface area (Å²) < 4.78 is 7.18. The van der Waals surface area contributed by atoms with Gasteiger partial charge in [-0.25, -0.2) is 19.2 Å². The lowest BCUT2D eigenvalue weighted by Crippen LogP contribution is -2.25. The molecule has 0 amide bonds. The van der Waals surface area contributed by atoms with Gasteiger partial charge in [0.15, 0.2) is 0 Å². The third-order valence-corrected chi connectivity index (χ3v) is 1.05. The van der Waals surface area contributed by atoms with E-state index in [0.717, 1.165) is 0 Å². The fourth-order valence-corrected chi connectivity index (χ4v) is 0.484. The van der Waals surface area contributed by atoms with Crippen molar-refractivity contribution in [3.8, 4) is 0 Å². The smallest absolute Gasteiger partial charge is 0.424 e. The van der Waals surface area contributed by atoms with Gasteiger partial charge in [-0.2, -0.15) is 0 Å². The maximum atomic E-state index is 10.7. The molecule has 0 radical (unpaired) electrons. The summed E-state index contributed by atoms with van der Waals surface area (Å²) in [5.74, 6) is -11.2. The third-order valence-electron chi connectivity index (χ3n) is 1.05. The van der Waals surface area contributed by atoms with Crippen molar-refractivity contribution in [1.29, 1.82) is 0 Å². The molecule has 0 aromatic heterocycles. The molecule has 0 saturated heterocycles. The lowest BCUT2D eigenvalue weighted by molar-refractivity contribution is -0.175. The number of carboxylic acids is 2. The van der Waals surface area contributed by atoms with Gasteiger partial charge in [0, 0.05) is 0 Å². The Labute approximate surface area is 91.7 Å². The number of carboxylic acid groups (broad SMARTS) is 2. The first-order chi connectivity index (χ1) is 7.73. The van der Waals surface area contributed by atoms with E-state index >= 15 is 0 Å². The van der Waals surface area contributed by atoms with E-state index in [9.17, 15) is 28.8 Å². The van der Waals surface area contributed by atoms with E-state index in [2.05, 4.69) is 9.47 Å². The quantitative estimate of drug-likeness (QED) is 0.308. The molecule has 0 aliphatic rings. The first-order valence-corrected chi connectivity index (χ1v) is 3.70. The van der Waals surface area contributed by atoms with Gasteiger partial charge >= 0.3 is 35.8 Å². The Hall–Kier alpha value is -2.78. The number of carbonyl (C=O) groups excluding carboxylic acids is 4. The second-order valence-corrected chi connectivity index (χ2v) is 2.31. The predicted molar refractivity (Wildman–Crippen MR) is 42.1 cm³/mol. The molecule has 0 fully saturated rings. The van der Waals surface area contributed by atoms with E-state index < -0.39 is 42.2 Å². The van der Waals surface area contributed by atoms with Crippen LogP contribution in [0, 0.1) is 0 Å². The highest BCUT2D eigenvalue weighted by Crippen LogP contribution is 1.93. The Balaban J connectivity index is 4.18. The Morgan fingerprint density at radius 3 is 1.24 bits per heavy atom. The molecule has 17 heavy (non-hydrogen) atoms. The minimum atomic E-state index is -2.06. The zero-order chi connectivity index (χ0) is 13.6. The molecule has 10 nitrogen and oxygen atoms in total. The van der Waals surface area contributed by atoms with Gasteiger partial charge in [0.25, 0.3) is 0 Å². The molecule has 0 unspecified atom stereocenters. The summed E-state index contributed by atoms with van der Waals surface area (Å²) in [5, 5.41) is 16.0. The normalized spacial score (nSPS) is 8.94. The number of carbonyl (C=O) groups is 6. The van der Waals surface area contributed by atoms with Gasteiger partial charge in [-0.3, -0.25) is 9.59 Å². The van der Waals surface area contributed by atoms with Crippen molar-refractivity contribution in [3.63, 3.8) is 0 Å². The average Bonchev–Trinajstić information content (AvgIpc) is 2.16.